The molecule has 17 heavy (non-hydrogen) atoms. The molecular weight excluding hydrogens is 234 g/mol. The second kappa shape index (κ2) is 4.78. The van der Waals surface area contributed by atoms with Crippen molar-refractivity contribution in [3.05, 3.63) is 21.9 Å². The first-order chi connectivity index (χ1) is 8.14. The first-order valence-corrected chi connectivity index (χ1v) is 7.03. The van der Waals surface area contributed by atoms with Crippen molar-refractivity contribution in [3.8, 4) is 0 Å². The molecule has 0 bridgehead atoms. The summed E-state index contributed by atoms with van der Waals surface area (Å²) in [4.78, 5) is 13.4. The lowest BCUT2D eigenvalue weighted by atomic mass is 9.85. The van der Waals surface area contributed by atoms with Crippen molar-refractivity contribution in [2.45, 2.75) is 45.2 Å². The molecule has 1 aliphatic rings. The molecule has 1 N–H and O–H groups in total. The normalized spacial score (nSPS) is 27.6. The van der Waals surface area contributed by atoms with Crippen LogP contribution < -0.4 is 5.32 Å². The van der Waals surface area contributed by atoms with Crippen LogP contribution in [0.4, 0.5) is 0 Å². The fourth-order valence-electron chi connectivity index (χ4n) is 2.55. The van der Waals surface area contributed by atoms with Crippen molar-refractivity contribution in [3.63, 3.8) is 0 Å². The van der Waals surface area contributed by atoms with Crippen LogP contribution in [-0.2, 0) is 21.5 Å². The Morgan fingerprint density at radius 1 is 1.65 bits per heavy atom. The first kappa shape index (κ1) is 12.6. The molecule has 0 aliphatic carbocycles. The Morgan fingerprint density at radius 3 is 3.06 bits per heavy atom. The molecule has 0 unspecified atom stereocenters. The molecular formula is C13H19NO2S. The SMILES string of the molecule is CCOC(=O)[C@]1(CC)N[C@@H](C)Cc2ccsc21. The lowest BCUT2D eigenvalue weighted by Crippen LogP contribution is -2.56. The standard InChI is InChI=1S/C13H19NO2S/c1-4-13(12(15)16-5-2)11-10(6-7-17-11)8-9(3)14-13/h6-7,9,14H,4-5,8H2,1-3H3/t9-,13+/m0/s1. The third-order valence-corrected chi connectivity index (χ3v) is 4.43. The molecule has 0 amide bonds. The molecule has 0 saturated heterocycles. The van der Waals surface area contributed by atoms with E-state index in [1.807, 2.05) is 13.8 Å². The molecule has 1 aromatic rings. The number of ether oxygens (including phenoxy) is 1. The van der Waals surface area contributed by atoms with Crippen LogP contribution in [0.25, 0.3) is 0 Å². The van der Waals surface area contributed by atoms with Crippen LogP contribution in [0, 0.1) is 0 Å². The molecule has 0 fully saturated rings. The second-order valence-electron chi connectivity index (χ2n) is 4.50. The number of fused-ring (bicyclic) bond motifs is 1. The Bertz CT molecular complexity index is 415. The van der Waals surface area contributed by atoms with Crippen molar-refractivity contribution in [2.24, 2.45) is 0 Å². The molecule has 0 radical (unpaired) electrons. The molecule has 2 heterocycles. The lowest BCUT2D eigenvalue weighted by molar-refractivity contribution is -0.152. The van der Waals surface area contributed by atoms with Gasteiger partial charge in [-0.3, -0.25) is 5.32 Å². The fraction of sp³-hybridized carbons (Fsp3) is 0.615. The number of hydrogen-bond donors (Lipinski definition) is 1. The summed E-state index contributed by atoms with van der Waals surface area (Å²) in [5.41, 5.74) is 0.660. The molecule has 3 nitrogen and oxygen atoms in total. The van der Waals surface area contributed by atoms with E-state index < -0.39 is 5.54 Å². The maximum Gasteiger partial charge on any atom is 0.331 e. The topological polar surface area (TPSA) is 38.3 Å². The summed E-state index contributed by atoms with van der Waals surface area (Å²) in [5.74, 6) is -0.141. The minimum absolute atomic E-state index is 0.141. The van der Waals surface area contributed by atoms with Gasteiger partial charge in [0.25, 0.3) is 0 Å². The number of thiophene rings is 1. The fourth-order valence-corrected chi connectivity index (χ4v) is 3.71. The quantitative estimate of drug-likeness (QED) is 0.841. The molecule has 0 saturated carbocycles. The Morgan fingerprint density at radius 2 is 2.41 bits per heavy atom. The number of hydrogen-bond acceptors (Lipinski definition) is 4. The van der Waals surface area contributed by atoms with Crippen molar-refractivity contribution in [1.29, 1.82) is 0 Å². The van der Waals surface area contributed by atoms with E-state index in [2.05, 4.69) is 23.7 Å². The van der Waals surface area contributed by atoms with Crippen LogP contribution in [0.15, 0.2) is 11.4 Å². The number of carbonyl (C=O) groups excluding carboxylic acids is 1. The average Bonchev–Trinajstić information content (AvgIpc) is 2.76. The van der Waals surface area contributed by atoms with Gasteiger partial charge in [0.15, 0.2) is 5.54 Å². The summed E-state index contributed by atoms with van der Waals surface area (Å²) in [7, 11) is 0. The molecule has 1 aliphatic heterocycles. The highest BCUT2D eigenvalue weighted by Gasteiger charge is 2.46. The molecule has 0 spiro atoms. The molecule has 2 rings (SSSR count). The number of rotatable bonds is 3. The summed E-state index contributed by atoms with van der Waals surface area (Å²) < 4.78 is 5.26. The highest BCUT2D eigenvalue weighted by molar-refractivity contribution is 7.10. The molecule has 1 aromatic heterocycles. The lowest BCUT2D eigenvalue weighted by Gasteiger charge is -2.38. The van der Waals surface area contributed by atoms with Crippen molar-refractivity contribution < 1.29 is 9.53 Å². The summed E-state index contributed by atoms with van der Waals surface area (Å²) >= 11 is 1.65. The predicted octanol–water partition coefficient (Wildman–Crippen LogP) is 2.45. The molecule has 0 aromatic carbocycles. The Hall–Kier alpha value is -0.870. The van der Waals surface area contributed by atoms with E-state index in [1.165, 1.54) is 5.56 Å². The number of nitrogens with one attached hydrogen (secondary N) is 1. The zero-order valence-corrected chi connectivity index (χ0v) is 11.4. The van der Waals surface area contributed by atoms with Crippen LogP contribution in [-0.4, -0.2) is 18.6 Å². The number of carbonyl (C=O) groups is 1. The van der Waals surface area contributed by atoms with E-state index in [4.69, 9.17) is 4.74 Å². The summed E-state index contributed by atoms with van der Waals surface area (Å²) in [6.07, 6.45) is 1.71. The maximum absolute atomic E-state index is 12.3. The van der Waals surface area contributed by atoms with Crippen molar-refractivity contribution in [2.75, 3.05) is 6.61 Å². The van der Waals surface area contributed by atoms with Gasteiger partial charge in [0.05, 0.1) is 6.61 Å². The monoisotopic (exact) mass is 253 g/mol. The van der Waals surface area contributed by atoms with E-state index >= 15 is 0 Å². The van der Waals surface area contributed by atoms with Crippen LogP contribution in [0.1, 0.15) is 37.6 Å². The van der Waals surface area contributed by atoms with Crippen LogP contribution in [0.5, 0.6) is 0 Å². The summed E-state index contributed by atoms with van der Waals surface area (Å²) in [5, 5.41) is 5.51. The largest absolute Gasteiger partial charge is 0.464 e. The van der Waals surface area contributed by atoms with E-state index in [9.17, 15) is 4.79 Å². The predicted molar refractivity (Wildman–Crippen MR) is 69.2 cm³/mol. The average molecular weight is 253 g/mol. The second-order valence-corrected chi connectivity index (χ2v) is 5.42. The van der Waals surface area contributed by atoms with Crippen LogP contribution in [0.2, 0.25) is 0 Å². The minimum atomic E-state index is -0.628. The Balaban J connectivity index is 2.44. The Labute approximate surface area is 106 Å². The van der Waals surface area contributed by atoms with Gasteiger partial charge in [-0.2, -0.15) is 0 Å². The highest BCUT2D eigenvalue weighted by atomic mass is 32.1. The van der Waals surface area contributed by atoms with E-state index in [1.54, 1.807) is 11.3 Å². The summed E-state index contributed by atoms with van der Waals surface area (Å²) in [6.45, 7) is 6.43. The third-order valence-electron chi connectivity index (χ3n) is 3.31. The number of esters is 1. The van der Waals surface area contributed by atoms with E-state index in [-0.39, 0.29) is 5.97 Å². The van der Waals surface area contributed by atoms with Gasteiger partial charge in [-0.15, -0.1) is 11.3 Å². The van der Waals surface area contributed by atoms with E-state index in [0.29, 0.717) is 12.6 Å². The zero-order chi connectivity index (χ0) is 12.5. The van der Waals surface area contributed by atoms with E-state index in [0.717, 1.165) is 17.7 Å². The Kier molecular flexibility index (Phi) is 3.54. The zero-order valence-electron chi connectivity index (χ0n) is 10.6. The van der Waals surface area contributed by atoms with Gasteiger partial charge in [0.2, 0.25) is 0 Å². The molecule has 2 atom stereocenters. The van der Waals surface area contributed by atoms with Crippen molar-refractivity contribution in [1.82, 2.24) is 5.32 Å². The summed E-state index contributed by atoms with van der Waals surface area (Å²) in [6, 6.07) is 2.43. The van der Waals surface area contributed by atoms with Crippen molar-refractivity contribution >= 4 is 17.3 Å². The molecule has 94 valence electrons. The maximum atomic E-state index is 12.3. The van der Waals surface area contributed by atoms with Gasteiger partial charge < -0.3 is 4.74 Å². The van der Waals surface area contributed by atoms with Crippen LogP contribution in [0.3, 0.4) is 0 Å². The third kappa shape index (κ3) is 2.00. The molecule has 4 heteroatoms. The van der Waals surface area contributed by atoms with Gasteiger partial charge in [-0.1, -0.05) is 6.92 Å². The smallest absolute Gasteiger partial charge is 0.331 e. The van der Waals surface area contributed by atoms with Gasteiger partial charge in [0, 0.05) is 10.9 Å². The van der Waals surface area contributed by atoms with Gasteiger partial charge in [-0.05, 0) is 43.7 Å². The highest BCUT2D eigenvalue weighted by Crippen LogP contribution is 2.38. The first-order valence-electron chi connectivity index (χ1n) is 6.15. The van der Waals surface area contributed by atoms with Gasteiger partial charge in [0.1, 0.15) is 0 Å². The van der Waals surface area contributed by atoms with Crippen LogP contribution >= 0.6 is 11.3 Å². The van der Waals surface area contributed by atoms with Gasteiger partial charge in [-0.25, -0.2) is 4.79 Å². The van der Waals surface area contributed by atoms with Gasteiger partial charge >= 0.3 is 5.97 Å². The minimum Gasteiger partial charge on any atom is -0.464 e.